The van der Waals surface area contributed by atoms with E-state index in [1.165, 1.54) is 29.7 Å². The molecule has 2 atom stereocenters. The number of dihydropyridines is 1. The Morgan fingerprint density at radius 2 is 1.80 bits per heavy atom. The van der Waals surface area contributed by atoms with Gasteiger partial charge in [-0.15, -0.1) is 12.4 Å². The monoisotopic (exact) mass is 582 g/mol. The molecule has 0 bridgehead atoms. The van der Waals surface area contributed by atoms with Crippen LogP contribution < -0.4 is 5.32 Å². The van der Waals surface area contributed by atoms with Crippen LogP contribution in [-0.4, -0.2) is 60.4 Å². The van der Waals surface area contributed by atoms with Crippen molar-refractivity contribution < 1.29 is 19.2 Å². The second-order valence-electron chi connectivity index (χ2n) is 10.8. The molecule has 10 heteroatoms. The minimum Gasteiger partial charge on any atom is -0.467 e. The minimum absolute atomic E-state index is 0. The van der Waals surface area contributed by atoms with Crippen LogP contribution in [0.15, 0.2) is 78.6 Å². The number of carbonyl (C=O) groups excluding carboxylic acids is 2. The van der Waals surface area contributed by atoms with E-state index in [1.54, 1.807) is 31.6 Å². The highest BCUT2D eigenvalue weighted by molar-refractivity contribution is 5.98. The molecule has 41 heavy (non-hydrogen) atoms. The van der Waals surface area contributed by atoms with E-state index in [9.17, 15) is 19.7 Å². The van der Waals surface area contributed by atoms with Crippen molar-refractivity contribution in [2.24, 2.45) is 5.92 Å². The molecule has 0 saturated carbocycles. The summed E-state index contributed by atoms with van der Waals surface area (Å²) in [7, 11) is 2.92. The number of rotatable bonds is 10. The van der Waals surface area contributed by atoms with Crippen LogP contribution in [0.1, 0.15) is 49.7 Å². The Morgan fingerprint density at radius 3 is 2.37 bits per heavy atom. The van der Waals surface area contributed by atoms with E-state index in [-0.39, 0.29) is 29.9 Å². The van der Waals surface area contributed by atoms with Crippen LogP contribution in [0, 0.1) is 16.0 Å². The topological polar surface area (TPSA) is 105 Å². The maximum absolute atomic E-state index is 13.7. The smallest absolute Gasteiger partial charge is 0.336 e. The number of nitrogens with zero attached hydrogens (tertiary/aromatic N) is 3. The Kier molecular flexibility index (Phi) is 11.1. The molecule has 0 radical (unpaired) electrons. The van der Waals surface area contributed by atoms with Crippen molar-refractivity contribution in [1.82, 2.24) is 15.1 Å². The zero-order valence-corrected chi connectivity index (χ0v) is 24.6. The first kappa shape index (κ1) is 31.8. The van der Waals surface area contributed by atoms with Gasteiger partial charge >= 0.3 is 5.97 Å². The Morgan fingerprint density at radius 1 is 1.15 bits per heavy atom. The molecule has 2 aliphatic heterocycles. The molecule has 1 N–H and O–H groups in total. The lowest BCUT2D eigenvalue weighted by Gasteiger charge is -2.43. The first-order chi connectivity index (χ1) is 19.3. The Labute approximate surface area is 247 Å². The number of ether oxygens (including phenoxy) is 1. The second kappa shape index (κ2) is 14.3. The highest BCUT2D eigenvalue weighted by Gasteiger charge is 2.49. The number of non-ortho nitro benzene ring substituents is 1. The molecule has 0 aromatic heterocycles. The van der Waals surface area contributed by atoms with Crippen molar-refractivity contribution in [2.75, 3.05) is 33.8 Å². The molecule has 2 aromatic rings. The highest BCUT2D eigenvalue weighted by atomic mass is 35.5. The first-order valence-corrected chi connectivity index (χ1v) is 13.7. The number of likely N-dealkylation sites (tertiary alicyclic amines) is 1. The summed E-state index contributed by atoms with van der Waals surface area (Å²) in [6.45, 7) is 4.73. The van der Waals surface area contributed by atoms with Gasteiger partial charge in [-0.05, 0) is 80.1 Å². The molecule has 1 amide bonds. The first-order valence-electron chi connectivity index (χ1n) is 13.7. The van der Waals surface area contributed by atoms with Gasteiger partial charge in [-0.25, -0.2) is 4.79 Å². The maximum Gasteiger partial charge on any atom is 0.336 e. The third-order valence-corrected chi connectivity index (χ3v) is 8.11. The zero-order chi connectivity index (χ0) is 28.7. The van der Waals surface area contributed by atoms with Crippen LogP contribution in [0.25, 0.3) is 0 Å². The number of methoxy groups -OCH3 is 1. The molecular formula is C31H39ClN4O5. The summed E-state index contributed by atoms with van der Waals surface area (Å²) >= 11 is 0. The number of likely N-dealkylation sites (N-methyl/N-ethyl adjacent to an activating group) is 1. The number of benzene rings is 2. The predicted octanol–water partition coefficient (Wildman–Crippen LogP) is 5.14. The molecule has 1 saturated heterocycles. The average molecular weight is 583 g/mol. The third-order valence-electron chi connectivity index (χ3n) is 8.11. The lowest BCUT2D eigenvalue weighted by atomic mass is 9.79. The number of hydrogen-bond acceptors (Lipinski definition) is 7. The largest absolute Gasteiger partial charge is 0.467 e. The zero-order valence-electron chi connectivity index (χ0n) is 23.8. The van der Waals surface area contributed by atoms with Gasteiger partial charge in [0.25, 0.3) is 11.6 Å². The number of allylic oxidation sites excluding steroid dienone is 1. The molecule has 0 aliphatic carbocycles. The lowest BCUT2D eigenvalue weighted by Crippen LogP contribution is -2.55. The van der Waals surface area contributed by atoms with E-state index < -0.39 is 16.4 Å². The van der Waals surface area contributed by atoms with E-state index >= 15 is 0 Å². The van der Waals surface area contributed by atoms with Gasteiger partial charge in [0.15, 0.2) is 5.54 Å². The van der Waals surface area contributed by atoms with E-state index in [0.717, 1.165) is 32.5 Å². The molecular weight excluding hydrogens is 544 g/mol. The van der Waals surface area contributed by atoms with Crippen LogP contribution in [0.4, 0.5) is 5.69 Å². The van der Waals surface area contributed by atoms with Gasteiger partial charge in [-0.1, -0.05) is 43.3 Å². The van der Waals surface area contributed by atoms with Crippen molar-refractivity contribution in [2.45, 2.75) is 44.1 Å². The van der Waals surface area contributed by atoms with Gasteiger partial charge in [0, 0.05) is 37.5 Å². The van der Waals surface area contributed by atoms with Gasteiger partial charge in [0.05, 0.1) is 12.0 Å². The van der Waals surface area contributed by atoms with E-state index in [4.69, 9.17) is 4.74 Å². The van der Waals surface area contributed by atoms with Gasteiger partial charge in [-0.3, -0.25) is 14.9 Å². The van der Waals surface area contributed by atoms with Crippen molar-refractivity contribution in [3.63, 3.8) is 0 Å². The van der Waals surface area contributed by atoms with Crippen LogP contribution in [-0.2, 0) is 19.9 Å². The third kappa shape index (κ3) is 7.15. The summed E-state index contributed by atoms with van der Waals surface area (Å²) in [4.78, 5) is 42.1. The normalized spacial score (nSPS) is 17.7. The number of esters is 1. The molecule has 2 unspecified atom stereocenters. The molecule has 2 heterocycles. The lowest BCUT2D eigenvalue weighted by molar-refractivity contribution is -0.384. The van der Waals surface area contributed by atoms with Crippen LogP contribution in [0.2, 0.25) is 0 Å². The highest BCUT2D eigenvalue weighted by Crippen LogP contribution is 2.39. The van der Waals surface area contributed by atoms with Crippen LogP contribution in [0.3, 0.4) is 0 Å². The number of hydrogen-bond donors (Lipinski definition) is 1. The fraction of sp³-hybridized carbons (Fsp3) is 0.419. The molecule has 4 rings (SSSR count). The standard InChI is InChI=1S/C31H38N4O5.ClH/c1-23(22-34-18-15-25(16-19-34)24-8-5-4-6-9-24)20-31(30(37)40-3,27-11-13-28(14-12-27)35(38)39)33(2)29(36)26-10-7-17-32-21-26;/h4-9,11-14,17,21,23,25,32H,10,15-16,18-20,22H2,1-3H3;1H. The Hall–Kier alpha value is -3.69. The molecule has 1 fully saturated rings. The summed E-state index contributed by atoms with van der Waals surface area (Å²) in [6.07, 6.45) is 8.09. The summed E-state index contributed by atoms with van der Waals surface area (Å²) < 4.78 is 5.33. The summed E-state index contributed by atoms with van der Waals surface area (Å²) in [5.41, 5.74) is 0.811. The number of halogens is 1. The fourth-order valence-electron chi connectivity index (χ4n) is 6.00. The van der Waals surface area contributed by atoms with Gasteiger partial charge < -0.3 is 19.9 Å². The van der Waals surface area contributed by atoms with Gasteiger partial charge in [0.2, 0.25) is 0 Å². The van der Waals surface area contributed by atoms with Crippen molar-refractivity contribution in [3.05, 3.63) is 99.9 Å². The molecule has 2 aromatic carbocycles. The molecule has 2 aliphatic rings. The predicted molar refractivity (Wildman–Crippen MR) is 160 cm³/mol. The number of carbonyl (C=O) groups is 2. The van der Waals surface area contributed by atoms with Crippen molar-refractivity contribution in [1.29, 1.82) is 0 Å². The van der Waals surface area contributed by atoms with Crippen molar-refractivity contribution in [3.8, 4) is 0 Å². The SMILES string of the molecule is COC(=O)C(CC(C)CN1CCC(c2ccccc2)CC1)(c1ccc([N+](=O)[O-])cc1)N(C)C(=O)C1=CNC=CC1.Cl. The average Bonchev–Trinajstić information content (AvgIpc) is 3.00. The number of amides is 1. The van der Waals surface area contributed by atoms with E-state index in [2.05, 4.69) is 41.4 Å². The maximum atomic E-state index is 13.7. The number of piperidine rings is 1. The summed E-state index contributed by atoms with van der Waals surface area (Å²) in [5, 5.41) is 14.3. The number of nitrogens with one attached hydrogen (secondary N) is 1. The van der Waals surface area contributed by atoms with Crippen LogP contribution >= 0.6 is 12.4 Å². The fourth-order valence-corrected chi connectivity index (χ4v) is 6.00. The Balaban J connectivity index is 0.00000462. The van der Waals surface area contributed by atoms with E-state index in [1.807, 2.05) is 12.1 Å². The van der Waals surface area contributed by atoms with Gasteiger partial charge in [-0.2, -0.15) is 0 Å². The Bertz CT molecular complexity index is 1260. The second-order valence-corrected chi connectivity index (χ2v) is 10.8. The van der Waals surface area contributed by atoms with E-state index in [0.29, 0.717) is 29.9 Å². The minimum atomic E-state index is -1.47. The number of nitro benzene ring substituents is 1. The quantitative estimate of drug-likeness (QED) is 0.235. The number of nitro groups is 1. The summed E-state index contributed by atoms with van der Waals surface area (Å²) in [6, 6.07) is 16.5. The molecule has 9 nitrogen and oxygen atoms in total. The molecule has 220 valence electrons. The van der Waals surface area contributed by atoms with Crippen LogP contribution in [0.5, 0.6) is 0 Å². The molecule has 0 spiro atoms. The van der Waals surface area contributed by atoms with Gasteiger partial charge in [0.1, 0.15) is 0 Å². The summed E-state index contributed by atoms with van der Waals surface area (Å²) in [5.74, 6) is -0.336. The van der Waals surface area contributed by atoms with Crippen molar-refractivity contribution >= 4 is 30.0 Å².